The second-order valence-electron chi connectivity index (χ2n) is 9.47. The maximum Gasteiger partial charge on any atom is 0.305 e. The molecule has 0 aromatic heterocycles. The van der Waals surface area contributed by atoms with Gasteiger partial charge in [-0.3, -0.25) is 4.79 Å². The van der Waals surface area contributed by atoms with Gasteiger partial charge in [-0.25, -0.2) is 0 Å². The summed E-state index contributed by atoms with van der Waals surface area (Å²) in [5, 5.41) is 19.8. The lowest BCUT2D eigenvalue weighted by atomic mass is 10.1. The highest BCUT2D eigenvalue weighted by molar-refractivity contribution is 5.68. The fourth-order valence-electron chi connectivity index (χ4n) is 3.74. The summed E-state index contributed by atoms with van der Waals surface area (Å²) in [5.74, 6) is -0.0896. The quantitative estimate of drug-likeness (QED) is 0.0586. The van der Waals surface area contributed by atoms with Crippen molar-refractivity contribution in [3.63, 3.8) is 0 Å². The van der Waals surface area contributed by atoms with Gasteiger partial charge in [-0.1, -0.05) is 131 Å². The van der Waals surface area contributed by atoms with Crippen LogP contribution in [0.2, 0.25) is 0 Å². The first-order valence-corrected chi connectivity index (χ1v) is 14.5. The summed E-state index contributed by atoms with van der Waals surface area (Å²) in [6.45, 7) is 2.07. The summed E-state index contributed by atoms with van der Waals surface area (Å²) in [7, 11) is 1.45. The predicted octanol–water partition coefficient (Wildman–Crippen LogP) is 8.48. The third-order valence-corrected chi connectivity index (χ3v) is 5.99. The van der Waals surface area contributed by atoms with Crippen molar-refractivity contribution in [1.29, 1.82) is 0 Å². The Bertz CT molecular complexity index is 684. The molecule has 0 aliphatic carbocycles. The molecule has 0 bridgehead atoms. The maximum absolute atomic E-state index is 11.0. The number of carbonyl (C=O) groups is 1. The number of unbranched alkanes of at least 4 members (excludes halogenated alkanes) is 10. The van der Waals surface area contributed by atoms with Crippen LogP contribution in [0.25, 0.3) is 0 Å². The summed E-state index contributed by atoms with van der Waals surface area (Å²) in [5.41, 5.74) is 0. The van der Waals surface area contributed by atoms with Gasteiger partial charge >= 0.3 is 5.97 Å². The van der Waals surface area contributed by atoms with Crippen molar-refractivity contribution in [3.8, 4) is 0 Å². The molecule has 2 atom stereocenters. The Morgan fingerprint density at radius 3 is 1.68 bits per heavy atom. The number of ether oxygens (including phenoxy) is 1. The zero-order chi connectivity index (χ0) is 27.2. The summed E-state index contributed by atoms with van der Waals surface area (Å²) < 4.78 is 4.65. The first-order chi connectivity index (χ1) is 18.1. The number of carbonyl (C=O) groups excluding carboxylic acids is 1. The van der Waals surface area contributed by atoms with Gasteiger partial charge in [0.25, 0.3) is 0 Å². The third kappa shape index (κ3) is 28.3. The zero-order valence-electron chi connectivity index (χ0n) is 23.6. The second-order valence-corrected chi connectivity index (χ2v) is 9.47. The van der Waals surface area contributed by atoms with Crippen molar-refractivity contribution < 1.29 is 19.7 Å². The molecule has 0 saturated carbocycles. The number of hydrogen-bond acceptors (Lipinski definition) is 4. The van der Waals surface area contributed by atoms with Crippen molar-refractivity contribution in [2.45, 2.75) is 122 Å². The maximum atomic E-state index is 11.0. The summed E-state index contributed by atoms with van der Waals surface area (Å²) >= 11 is 0. The fraction of sp³-hybridized carbons (Fsp3) is 0.606. The number of methoxy groups -OCH3 is 1. The predicted molar refractivity (Wildman–Crippen MR) is 158 cm³/mol. The highest BCUT2D eigenvalue weighted by atomic mass is 16.5. The molecular weight excluding hydrogens is 460 g/mol. The Morgan fingerprint density at radius 2 is 1.14 bits per heavy atom. The molecule has 210 valence electrons. The van der Waals surface area contributed by atoms with E-state index in [1.54, 1.807) is 12.2 Å². The molecule has 4 heteroatoms. The molecule has 0 aliphatic rings. The minimum Gasteiger partial charge on any atom is -0.469 e. The van der Waals surface area contributed by atoms with Crippen LogP contribution in [0.1, 0.15) is 110 Å². The van der Waals surface area contributed by atoms with E-state index in [4.69, 9.17) is 0 Å². The Hall–Kier alpha value is -2.17. The van der Waals surface area contributed by atoms with Gasteiger partial charge in [0.15, 0.2) is 0 Å². The van der Waals surface area contributed by atoms with Gasteiger partial charge in [-0.15, -0.1) is 0 Å². The van der Waals surface area contributed by atoms with Crippen LogP contribution in [0.5, 0.6) is 0 Å². The van der Waals surface area contributed by atoms with E-state index in [0.717, 1.165) is 32.1 Å². The van der Waals surface area contributed by atoms with Gasteiger partial charge in [-0.2, -0.15) is 0 Å². The molecular formula is C33H54O4. The van der Waals surface area contributed by atoms with Gasteiger partial charge in [0.1, 0.15) is 0 Å². The van der Waals surface area contributed by atoms with Crippen LogP contribution in [-0.2, 0) is 9.53 Å². The van der Waals surface area contributed by atoms with Gasteiger partial charge in [0, 0.05) is 6.42 Å². The molecule has 0 heterocycles. The van der Waals surface area contributed by atoms with E-state index in [2.05, 4.69) is 36.0 Å². The van der Waals surface area contributed by atoms with E-state index in [0.29, 0.717) is 19.3 Å². The minimum atomic E-state index is -0.481. The van der Waals surface area contributed by atoms with Gasteiger partial charge in [0.05, 0.1) is 19.3 Å². The van der Waals surface area contributed by atoms with Crippen LogP contribution < -0.4 is 0 Å². The van der Waals surface area contributed by atoms with Gasteiger partial charge < -0.3 is 14.9 Å². The van der Waals surface area contributed by atoms with Crippen molar-refractivity contribution in [1.82, 2.24) is 0 Å². The lowest BCUT2D eigenvalue weighted by Crippen LogP contribution is -1.99. The number of aliphatic hydroxyl groups is 2. The molecule has 4 nitrogen and oxygen atoms in total. The molecule has 0 aromatic rings. The number of esters is 1. The largest absolute Gasteiger partial charge is 0.469 e. The van der Waals surface area contributed by atoms with Crippen molar-refractivity contribution in [2.24, 2.45) is 0 Å². The number of rotatable bonds is 24. The normalized spacial score (nSPS) is 14.4. The molecule has 0 radical (unpaired) electrons. The van der Waals surface area contributed by atoms with Gasteiger partial charge in [0.2, 0.25) is 0 Å². The standard InChI is InChI=1S/C33H54O4/c1-3-4-21-26-31(34)28-23-19-20-24-29-32(35)27-22-17-15-13-11-9-7-5-6-8-10-12-14-16-18-25-30-33(36)37-2/h4,11,13,17,19-24,28-29,31-32,34-35H,3,5-10,12,14-16,18,25-27,30H2,1-2H3/b13-11-,20-19+,21-4-,22-17-,28-23-,29-24+/t31-,32+/m0/s1. The van der Waals surface area contributed by atoms with Crippen LogP contribution >= 0.6 is 0 Å². The van der Waals surface area contributed by atoms with E-state index in [9.17, 15) is 15.0 Å². The monoisotopic (exact) mass is 514 g/mol. The van der Waals surface area contributed by atoms with Crippen molar-refractivity contribution >= 4 is 5.97 Å². The molecule has 0 fully saturated rings. The van der Waals surface area contributed by atoms with E-state index < -0.39 is 12.2 Å². The Morgan fingerprint density at radius 1 is 0.649 bits per heavy atom. The highest BCUT2D eigenvalue weighted by Crippen LogP contribution is 2.12. The van der Waals surface area contributed by atoms with Crippen LogP contribution in [0.15, 0.2) is 72.9 Å². The smallest absolute Gasteiger partial charge is 0.305 e. The van der Waals surface area contributed by atoms with Crippen LogP contribution in [0.3, 0.4) is 0 Å². The van der Waals surface area contributed by atoms with Gasteiger partial charge in [-0.05, 0) is 44.9 Å². The third-order valence-electron chi connectivity index (χ3n) is 5.99. The van der Waals surface area contributed by atoms with Crippen molar-refractivity contribution in [3.05, 3.63) is 72.9 Å². The molecule has 0 aliphatic heterocycles. The summed E-state index contributed by atoms with van der Waals surface area (Å²) in [6, 6.07) is 0. The van der Waals surface area contributed by atoms with Crippen LogP contribution in [-0.4, -0.2) is 35.5 Å². The molecule has 0 aromatic carbocycles. The summed E-state index contributed by atoms with van der Waals surface area (Å²) in [6.07, 6.45) is 40.0. The zero-order valence-corrected chi connectivity index (χ0v) is 23.6. The Balaban J connectivity index is 3.57. The molecule has 0 rings (SSSR count). The summed E-state index contributed by atoms with van der Waals surface area (Å²) in [4.78, 5) is 11.0. The molecule has 2 N–H and O–H groups in total. The second kappa shape index (κ2) is 28.4. The van der Waals surface area contributed by atoms with Crippen LogP contribution in [0, 0.1) is 0 Å². The first kappa shape index (κ1) is 34.8. The molecule has 0 unspecified atom stereocenters. The fourth-order valence-corrected chi connectivity index (χ4v) is 3.74. The minimum absolute atomic E-state index is 0.0896. The average Bonchev–Trinajstić information content (AvgIpc) is 2.89. The molecule has 0 saturated heterocycles. The van der Waals surface area contributed by atoms with E-state index >= 15 is 0 Å². The lowest BCUT2D eigenvalue weighted by Gasteiger charge is -2.02. The lowest BCUT2D eigenvalue weighted by molar-refractivity contribution is -0.140. The molecule has 0 amide bonds. The molecule has 37 heavy (non-hydrogen) atoms. The number of hydrogen-bond donors (Lipinski definition) is 2. The highest BCUT2D eigenvalue weighted by Gasteiger charge is 1.99. The Labute approximate surface area is 227 Å². The van der Waals surface area contributed by atoms with E-state index in [1.165, 1.54) is 58.5 Å². The molecule has 0 spiro atoms. The number of aliphatic hydroxyl groups excluding tert-OH is 2. The Kier molecular flexibility index (Phi) is 26.7. The SMILES string of the molecule is CC/C=C\C[C@H](O)\C=C/C=C/C=C/[C@H](O)C/C=C\C/C=C\CCCCCCCCCCCCC(=O)OC. The number of allylic oxidation sites excluding steroid dienone is 8. The van der Waals surface area contributed by atoms with Crippen molar-refractivity contribution in [2.75, 3.05) is 7.11 Å². The first-order valence-electron chi connectivity index (χ1n) is 14.5. The van der Waals surface area contributed by atoms with E-state index in [1.807, 2.05) is 36.5 Å². The topological polar surface area (TPSA) is 66.8 Å². The average molecular weight is 515 g/mol. The van der Waals surface area contributed by atoms with E-state index in [-0.39, 0.29) is 5.97 Å². The van der Waals surface area contributed by atoms with Crippen LogP contribution in [0.4, 0.5) is 0 Å².